The molecule has 3 aromatic carbocycles. The number of nitrogens with zero attached hydrogens (tertiary/aromatic N) is 1. The molecule has 4 aromatic rings. The molecule has 1 heterocycles. The van der Waals surface area contributed by atoms with Gasteiger partial charge in [0.05, 0.1) is 24.4 Å². The third kappa shape index (κ3) is 5.84. The van der Waals surface area contributed by atoms with Crippen molar-refractivity contribution in [2.24, 2.45) is 5.10 Å². The van der Waals surface area contributed by atoms with Crippen molar-refractivity contribution in [3.63, 3.8) is 0 Å². The molecule has 0 unspecified atom stereocenters. The first kappa shape index (κ1) is 24.3. The lowest BCUT2D eigenvalue weighted by molar-refractivity contribution is 0.0929. The van der Waals surface area contributed by atoms with Gasteiger partial charge in [0.2, 0.25) is 0 Å². The average Bonchev–Trinajstić information content (AvgIpc) is 3.29. The predicted octanol–water partition coefficient (Wildman–Crippen LogP) is 6.25. The second-order valence-electron chi connectivity index (χ2n) is 7.73. The maximum atomic E-state index is 12.5. The van der Waals surface area contributed by atoms with Crippen LogP contribution in [0.2, 0.25) is 0 Å². The van der Waals surface area contributed by atoms with E-state index in [0.717, 1.165) is 16.5 Å². The molecule has 180 valence electrons. The van der Waals surface area contributed by atoms with Crippen LogP contribution < -0.4 is 19.6 Å². The number of aryl methyl sites for hydroxylation is 1. The van der Waals surface area contributed by atoms with Gasteiger partial charge in [0.25, 0.3) is 0 Å². The number of halogens is 1. The Balaban J connectivity index is 1.47. The number of fused-ring (bicyclic) bond motifs is 1. The molecule has 0 saturated carbocycles. The van der Waals surface area contributed by atoms with Gasteiger partial charge in [-0.1, -0.05) is 42.0 Å². The van der Waals surface area contributed by atoms with Gasteiger partial charge < -0.3 is 18.6 Å². The molecular weight excluding hydrogens is 512 g/mol. The molecule has 1 aromatic heterocycles. The van der Waals surface area contributed by atoms with Crippen molar-refractivity contribution in [2.75, 3.05) is 13.7 Å². The summed E-state index contributed by atoms with van der Waals surface area (Å²) in [5.41, 5.74) is 5.97. The number of carbonyl (C=O) groups excluding carboxylic acids is 1. The minimum absolute atomic E-state index is 0.137. The summed E-state index contributed by atoms with van der Waals surface area (Å²) < 4.78 is 23.5. The highest BCUT2D eigenvalue weighted by Gasteiger charge is 2.15. The van der Waals surface area contributed by atoms with Crippen LogP contribution in [0.25, 0.3) is 11.0 Å². The maximum Gasteiger partial charge on any atom is 0.307 e. The van der Waals surface area contributed by atoms with Crippen molar-refractivity contribution in [3.05, 3.63) is 87.6 Å². The number of ether oxygens (including phenoxy) is 3. The number of nitrogens with one attached hydrogen (secondary N) is 1. The Hall–Kier alpha value is -3.78. The summed E-state index contributed by atoms with van der Waals surface area (Å²) in [4.78, 5) is 12.5. The largest absolute Gasteiger partial charge is 0.493 e. The molecule has 0 bridgehead atoms. The van der Waals surface area contributed by atoms with Crippen LogP contribution in [0.4, 0.5) is 0 Å². The van der Waals surface area contributed by atoms with Crippen LogP contribution in [0.3, 0.4) is 0 Å². The van der Waals surface area contributed by atoms with Crippen molar-refractivity contribution in [2.45, 2.75) is 20.5 Å². The lowest BCUT2D eigenvalue weighted by atomic mass is 10.2. The maximum absolute atomic E-state index is 12.5. The molecule has 0 saturated heterocycles. The highest BCUT2D eigenvalue weighted by Crippen LogP contribution is 2.37. The minimum atomic E-state index is -0.471. The first-order valence-electron chi connectivity index (χ1n) is 11.0. The van der Waals surface area contributed by atoms with Gasteiger partial charge in [-0.05, 0) is 65.2 Å². The summed E-state index contributed by atoms with van der Waals surface area (Å²) >= 11 is 3.56. The Morgan fingerprint density at radius 1 is 1.09 bits per heavy atom. The van der Waals surface area contributed by atoms with Gasteiger partial charge in [-0.25, -0.2) is 5.43 Å². The quantitative estimate of drug-likeness (QED) is 0.202. The van der Waals surface area contributed by atoms with Crippen molar-refractivity contribution in [3.8, 4) is 17.2 Å². The van der Waals surface area contributed by atoms with E-state index in [1.807, 2.05) is 56.3 Å². The van der Waals surface area contributed by atoms with Crippen LogP contribution in [-0.2, 0) is 6.61 Å². The number of furan rings is 1. The Kier molecular flexibility index (Phi) is 7.72. The van der Waals surface area contributed by atoms with Gasteiger partial charge in [0, 0.05) is 5.39 Å². The molecule has 0 aliphatic rings. The van der Waals surface area contributed by atoms with Gasteiger partial charge in [0.1, 0.15) is 6.61 Å². The summed E-state index contributed by atoms with van der Waals surface area (Å²) in [6, 6.07) is 18.9. The van der Waals surface area contributed by atoms with E-state index in [-0.39, 0.29) is 5.76 Å². The van der Waals surface area contributed by atoms with E-state index >= 15 is 0 Å². The number of rotatable bonds is 9. The Morgan fingerprint density at radius 3 is 2.63 bits per heavy atom. The topological polar surface area (TPSA) is 82.3 Å². The summed E-state index contributed by atoms with van der Waals surface area (Å²) in [6.07, 6.45) is 1.53. The number of hydrazone groups is 1. The van der Waals surface area contributed by atoms with E-state index in [1.54, 1.807) is 25.3 Å². The number of para-hydroxylation sites is 1. The Bertz CT molecular complexity index is 1360. The van der Waals surface area contributed by atoms with Gasteiger partial charge in [0.15, 0.2) is 28.6 Å². The normalized spacial score (nSPS) is 11.1. The number of hydrogen-bond acceptors (Lipinski definition) is 6. The third-order valence-electron chi connectivity index (χ3n) is 5.17. The average molecular weight is 537 g/mol. The first-order chi connectivity index (χ1) is 17.0. The molecular formula is C27H25BrN2O5. The molecule has 0 fully saturated rings. The van der Waals surface area contributed by atoms with Crippen LogP contribution in [0, 0.1) is 6.92 Å². The summed E-state index contributed by atoms with van der Waals surface area (Å²) in [5, 5.41) is 4.84. The summed E-state index contributed by atoms with van der Waals surface area (Å²) in [5.74, 6) is 1.40. The van der Waals surface area contributed by atoms with E-state index in [4.69, 9.17) is 18.6 Å². The van der Waals surface area contributed by atoms with Crippen molar-refractivity contribution in [1.29, 1.82) is 0 Å². The number of hydrogen-bond donors (Lipinski definition) is 1. The zero-order chi connectivity index (χ0) is 24.8. The van der Waals surface area contributed by atoms with Gasteiger partial charge in [-0.3, -0.25) is 4.79 Å². The molecule has 4 rings (SSSR count). The molecule has 0 atom stereocenters. The number of carbonyl (C=O) groups is 1. The predicted molar refractivity (Wildman–Crippen MR) is 139 cm³/mol. The summed E-state index contributed by atoms with van der Waals surface area (Å²) in [7, 11) is 1.55. The fraction of sp³-hybridized carbons (Fsp3) is 0.185. The van der Waals surface area contributed by atoms with Crippen LogP contribution in [0.15, 0.2) is 74.7 Å². The smallest absolute Gasteiger partial charge is 0.307 e. The van der Waals surface area contributed by atoms with Crippen molar-refractivity contribution < 1.29 is 23.4 Å². The van der Waals surface area contributed by atoms with E-state index in [0.29, 0.717) is 40.5 Å². The highest BCUT2D eigenvalue weighted by molar-refractivity contribution is 9.10. The number of benzene rings is 3. The second-order valence-corrected chi connectivity index (χ2v) is 8.58. The van der Waals surface area contributed by atoms with Gasteiger partial charge >= 0.3 is 5.91 Å². The van der Waals surface area contributed by atoms with Crippen LogP contribution in [-0.4, -0.2) is 25.8 Å². The fourth-order valence-electron chi connectivity index (χ4n) is 3.43. The summed E-state index contributed by atoms with van der Waals surface area (Å²) in [6.45, 7) is 4.83. The lowest BCUT2D eigenvalue weighted by Gasteiger charge is -2.14. The number of methoxy groups -OCH3 is 1. The van der Waals surface area contributed by atoms with Crippen LogP contribution in [0.5, 0.6) is 17.2 Å². The Labute approximate surface area is 211 Å². The molecule has 0 aliphatic heterocycles. The van der Waals surface area contributed by atoms with E-state index in [1.165, 1.54) is 11.8 Å². The third-order valence-corrected chi connectivity index (χ3v) is 5.76. The fourth-order valence-corrected chi connectivity index (χ4v) is 4.01. The molecule has 8 heteroatoms. The van der Waals surface area contributed by atoms with E-state index in [2.05, 4.69) is 26.5 Å². The molecule has 0 aliphatic carbocycles. The van der Waals surface area contributed by atoms with E-state index < -0.39 is 5.91 Å². The zero-order valence-electron chi connectivity index (χ0n) is 19.6. The monoisotopic (exact) mass is 536 g/mol. The van der Waals surface area contributed by atoms with Crippen LogP contribution in [0.1, 0.15) is 34.2 Å². The first-order valence-corrected chi connectivity index (χ1v) is 11.8. The molecule has 7 nitrogen and oxygen atoms in total. The van der Waals surface area contributed by atoms with Crippen molar-refractivity contribution in [1.82, 2.24) is 5.43 Å². The highest BCUT2D eigenvalue weighted by atomic mass is 79.9. The molecule has 1 N–H and O–H groups in total. The molecule has 0 spiro atoms. The Morgan fingerprint density at radius 2 is 1.89 bits per heavy atom. The van der Waals surface area contributed by atoms with E-state index in [9.17, 15) is 4.79 Å². The van der Waals surface area contributed by atoms with Crippen LogP contribution >= 0.6 is 15.9 Å². The zero-order valence-corrected chi connectivity index (χ0v) is 21.2. The van der Waals surface area contributed by atoms with Gasteiger partial charge in [-0.15, -0.1) is 0 Å². The number of amides is 1. The lowest BCUT2D eigenvalue weighted by Crippen LogP contribution is -2.16. The molecule has 0 radical (unpaired) electrons. The molecule has 35 heavy (non-hydrogen) atoms. The minimum Gasteiger partial charge on any atom is -0.493 e. The van der Waals surface area contributed by atoms with Crippen molar-refractivity contribution >= 4 is 39.0 Å². The second kappa shape index (κ2) is 11.1. The van der Waals surface area contributed by atoms with Gasteiger partial charge in [-0.2, -0.15) is 5.10 Å². The molecule has 1 amide bonds. The SMILES string of the molecule is CCOc1cc(/C=N\NC(=O)c2cc3cccc(OC)c3o2)cc(Br)c1OCc1ccc(C)cc1. The standard InChI is InChI=1S/C27H25BrN2O5/c1-4-33-23-13-19(12-21(28)26(23)34-16-18-10-8-17(2)9-11-18)15-29-30-27(31)24-14-20-6-5-7-22(32-3)25(20)35-24/h5-15H,4,16H2,1-3H3,(H,30,31)/b29-15-.